The van der Waals surface area contributed by atoms with E-state index in [-0.39, 0.29) is 11.8 Å². The van der Waals surface area contributed by atoms with Gasteiger partial charge < -0.3 is 4.98 Å². The highest BCUT2D eigenvalue weighted by molar-refractivity contribution is 6.27. The number of nitrogens with one attached hydrogen (secondary N) is 1. The van der Waals surface area contributed by atoms with Crippen molar-refractivity contribution in [1.29, 1.82) is 0 Å². The summed E-state index contributed by atoms with van der Waals surface area (Å²) in [7, 11) is 1.47. The van der Waals surface area contributed by atoms with Crippen molar-refractivity contribution in [3.8, 4) is 0 Å². The van der Waals surface area contributed by atoms with Gasteiger partial charge in [-0.3, -0.25) is 9.63 Å². The molecule has 0 aliphatic heterocycles. The number of fused-ring (bicyclic) bond motifs is 1. The minimum Gasteiger partial charge on any atom is -0.361 e. The maximum absolute atomic E-state index is 11.4. The quantitative estimate of drug-likeness (QED) is 0.667. The molecular weight excluding hydrogens is 252 g/mol. The molecule has 0 atom stereocenters. The SMILES string of the molecule is CON(CCc1c[nH]c2ccccc12)C(=O)CCl. The predicted molar refractivity (Wildman–Crippen MR) is 71.4 cm³/mol. The third-order valence-electron chi connectivity index (χ3n) is 2.87. The first-order valence-electron chi connectivity index (χ1n) is 5.71. The van der Waals surface area contributed by atoms with E-state index in [1.807, 2.05) is 24.4 Å². The van der Waals surface area contributed by atoms with Gasteiger partial charge >= 0.3 is 0 Å². The highest BCUT2D eigenvalue weighted by atomic mass is 35.5. The van der Waals surface area contributed by atoms with Crippen LogP contribution in [-0.2, 0) is 16.1 Å². The fourth-order valence-corrected chi connectivity index (χ4v) is 2.08. The lowest BCUT2D eigenvalue weighted by Gasteiger charge is -2.18. The van der Waals surface area contributed by atoms with Crippen LogP contribution in [0.25, 0.3) is 10.9 Å². The van der Waals surface area contributed by atoms with E-state index in [1.165, 1.54) is 17.6 Å². The normalized spacial score (nSPS) is 10.8. The first kappa shape index (κ1) is 12.9. The van der Waals surface area contributed by atoms with E-state index in [4.69, 9.17) is 16.4 Å². The first-order chi connectivity index (χ1) is 8.76. The summed E-state index contributed by atoms with van der Waals surface area (Å²) in [5.74, 6) is -0.291. The molecule has 0 fully saturated rings. The molecular formula is C13H15ClN2O2. The molecule has 96 valence electrons. The zero-order valence-electron chi connectivity index (χ0n) is 10.1. The Kier molecular flexibility index (Phi) is 4.23. The molecule has 0 saturated heterocycles. The average Bonchev–Trinajstić information content (AvgIpc) is 2.82. The Morgan fingerprint density at radius 3 is 2.94 bits per heavy atom. The molecule has 18 heavy (non-hydrogen) atoms. The minimum atomic E-state index is -0.223. The molecule has 1 aromatic heterocycles. The Balaban J connectivity index is 2.07. The Bertz CT molecular complexity index is 539. The van der Waals surface area contributed by atoms with E-state index in [9.17, 15) is 4.79 Å². The number of amides is 1. The number of carbonyl (C=O) groups is 1. The molecule has 0 unspecified atom stereocenters. The molecule has 4 nitrogen and oxygen atoms in total. The first-order valence-corrected chi connectivity index (χ1v) is 6.25. The van der Waals surface area contributed by atoms with E-state index in [1.54, 1.807) is 0 Å². The molecule has 0 saturated carbocycles. The standard InChI is InChI=1S/C13H15ClN2O2/c1-18-16(13(17)8-14)7-6-10-9-15-12-5-3-2-4-11(10)12/h2-5,9,15H,6-8H2,1H3. The number of H-pyrrole nitrogens is 1. The van der Waals surface area contributed by atoms with E-state index in [2.05, 4.69) is 11.1 Å². The van der Waals surface area contributed by atoms with Crippen LogP contribution < -0.4 is 0 Å². The highest BCUT2D eigenvalue weighted by Gasteiger charge is 2.12. The number of para-hydroxylation sites is 1. The smallest absolute Gasteiger partial charge is 0.261 e. The molecule has 1 heterocycles. The Hall–Kier alpha value is -1.52. The monoisotopic (exact) mass is 266 g/mol. The van der Waals surface area contributed by atoms with E-state index >= 15 is 0 Å². The number of benzene rings is 1. The van der Waals surface area contributed by atoms with E-state index in [0.717, 1.165) is 17.5 Å². The van der Waals surface area contributed by atoms with Gasteiger partial charge in [-0.05, 0) is 18.1 Å². The molecule has 0 spiro atoms. The number of alkyl halides is 1. The topological polar surface area (TPSA) is 45.3 Å². The molecule has 2 aromatic rings. The van der Waals surface area contributed by atoms with Crippen molar-refractivity contribution in [2.45, 2.75) is 6.42 Å². The van der Waals surface area contributed by atoms with Gasteiger partial charge in [-0.1, -0.05) is 18.2 Å². The maximum Gasteiger partial charge on any atom is 0.261 e. The number of hydrogen-bond donors (Lipinski definition) is 1. The molecule has 5 heteroatoms. The van der Waals surface area contributed by atoms with Crippen LogP contribution in [0.15, 0.2) is 30.5 Å². The fraction of sp³-hybridized carbons (Fsp3) is 0.308. The number of halogens is 1. The third-order valence-corrected chi connectivity index (χ3v) is 3.10. The Labute approximate surface area is 110 Å². The summed E-state index contributed by atoms with van der Waals surface area (Å²) < 4.78 is 0. The van der Waals surface area contributed by atoms with Gasteiger partial charge in [0.2, 0.25) is 0 Å². The molecule has 0 bridgehead atoms. The molecule has 1 aromatic carbocycles. The molecule has 0 aliphatic rings. The van der Waals surface area contributed by atoms with Gasteiger partial charge in [0.25, 0.3) is 5.91 Å². The Morgan fingerprint density at radius 2 is 2.22 bits per heavy atom. The Morgan fingerprint density at radius 1 is 1.44 bits per heavy atom. The summed E-state index contributed by atoms with van der Waals surface area (Å²) in [6.45, 7) is 0.490. The van der Waals surface area contributed by atoms with Crippen molar-refractivity contribution in [3.63, 3.8) is 0 Å². The van der Waals surface area contributed by atoms with Crippen LogP contribution in [0.5, 0.6) is 0 Å². The van der Waals surface area contributed by atoms with Crippen LogP contribution in [0, 0.1) is 0 Å². The van der Waals surface area contributed by atoms with E-state index in [0.29, 0.717) is 6.54 Å². The van der Waals surface area contributed by atoms with Gasteiger partial charge in [-0.15, -0.1) is 11.6 Å². The lowest BCUT2D eigenvalue weighted by molar-refractivity contribution is -0.172. The molecule has 0 aliphatic carbocycles. The summed E-state index contributed by atoms with van der Waals surface area (Å²) in [6.07, 6.45) is 2.68. The molecule has 1 amide bonds. The van der Waals surface area contributed by atoms with Crippen LogP contribution in [-0.4, -0.2) is 35.5 Å². The van der Waals surface area contributed by atoms with Crippen LogP contribution in [0.2, 0.25) is 0 Å². The van der Waals surface area contributed by atoms with Crippen molar-refractivity contribution >= 4 is 28.4 Å². The van der Waals surface area contributed by atoms with Crippen molar-refractivity contribution in [3.05, 3.63) is 36.0 Å². The summed E-state index contributed by atoms with van der Waals surface area (Å²) >= 11 is 5.50. The zero-order valence-corrected chi connectivity index (χ0v) is 10.9. The minimum absolute atomic E-state index is 0.0677. The van der Waals surface area contributed by atoms with Gasteiger partial charge in [0.15, 0.2) is 0 Å². The summed E-state index contributed by atoms with van der Waals surface area (Å²) in [4.78, 5) is 19.6. The number of hydroxylamine groups is 2. The van der Waals surface area contributed by atoms with Gasteiger partial charge in [-0.25, -0.2) is 5.06 Å². The van der Waals surface area contributed by atoms with Crippen LogP contribution >= 0.6 is 11.6 Å². The average molecular weight is 267 g/mol. The summed E-state index contributed by atoms with van der Waals surface area (Å²) in [6, 6.07) is 8.07. The van der Waals surface area contributed by atoms with E-state index < -0.39 is 0 Å². The lowest BCUT2D eigenvalue weighted by atomic mass is 10.1. The van der Waals surface area contributed by atoms with Gasteiger partial charge in [-0.2, -0.15) is 0 Å². The van der Waals surface area contributed by atoms with Gasteiger partial charge in [0.05, 0.1) is 13.7 Å². The number of nitrogens with zero attached hydrogens (tertiary/aromatic N) is 1. The number of aromatic amines is 1. The summed E-state index contributed by atoms with van der Waals surface area (Å²) in [5.41, 5.74) is 2.26. The fourth-order valence-electron chi connectivity index (χ4n) is 1.94. The van der Waals surface area contributed by atoms with Crippen molar-refractivity contribution < 1.29 is 9.63 Å². The largest absolute Gasteiger partial charge is 0.361 e. The van der Waals surface area contributed by atoms with Crippen molar-refractivity contribution in [2.24, 2.45) is 0 Å². The second kappa shape index (κ2) is 5.89. The van der Waals surface area contributed by atoms with Crippen LogP contribution in [0.4, 0.5) is 0 Å². The second-order valence-corrected chi connectivity index (χ2v) is 4.19. The van der Waals surface area contributed by atoms with Crippen LogP contribution in [0.3, 0.4) is 0 Å². The van der Waals surface area contributed by atoms with Gasteiger partial charge in [0.1, 0.15) is 5.88 Å². The van der Waals surface area contributed by atoms with Crippen molar-refractivity contribution in [1.82, 2.24) is 10.0 Å². The lowest BCUT2D eigenvalue weighted by Crippen LogP contribution is -2.32. The molecule has 1 N–H and O–H groups in total. The molecule has 0 radical (unpaired) electrons. The van der Waals surface area contributed by atoms with Crippen LogP contribution in [0.1, 0.15) is 5.56 Å². The number of rotatable bonds is 5. The number of carbonyl (C=O) groups excluding carboxylic acids is 1. The summed E-state index contributed by atoms with van der Waals surface area (Å²) in [5, 5.41) is 2.46. The second-order valence-electron chi connectivity index (χ2n) is 3.92. The van der Waals surface area contributed by atoms with Crippen molar-refractivity contribution in [2.75, 3.05) is 19.5 Å². The predicted octanol–water partition coefficient (Wildman–Crippen LogP) is 2.34. The third kappa shape index (κ3) is 2.66. The number of hydrogen-bond acceptors (Lipinski definition) is 2. The molecule has 2 rings (SSSR count). The van der Waals surface area contributed by atoms with Gasteiger partial charge in [0, 0.05) is 17.1 Å². The zero-order chi connectivity index (χ0) is 13.0. The highest BCUT2D eigenvalue weighted by Crippen LogP contribution is 2.18. The number of aromatic nitrogens is 1. The maximum atomic E-state index is 11.4.